The molecule has 2 aromatic rings. The molecule has 2 rings (SSSR count). The van der Waals surface area contributed by atoms with Crippen molar-refractivity contribution in [2.45, 2.75) is 25.4 Å². The van der Waals surface area contributed by atoms with Crippen LogP contribution in [0.1, 0.15) is 27.9 Å². The Morgan fingerprint density at radius 1 is 1.07 bits per heavy atom. The smallest absolute Gasteiger partial charge is 0.250 e. The molecule has 0 heterocycles. The molecular formula is C20H21Cl2N2O3. The van der Waals surface area contributed by atoms with Crippen LogP contribution in [0, 0.1) is 12.3 Å². The van der Waals surface area contributed by atoms with Gasteiger partial charge in [-0.2, -0.15) is 0 Å². The Morgan fingerprint density at radius 3 is 2.33 bits per heavy atom. The number of hydrogen-bond acceptors (Lipinski definition) is 3. The van der Waals surface area contributed by atoms with Gasteiger partial charge in [-0.1, -0.05) is 59.6 Å². The number of rotatable bonds is 9. The van der Waals surface area contributed by atoms with E-state index in [0.29, 0.717) is 12.0 Å². The molecule has 5 nitrogen and oxygen atoms in total. The van der Waals surface area contributed by atoms with Gasteiger partial charge in [-0.3, -0.25) is 9.59 Å². The molecule has 0 aliphatic heterocycles. The number of nitrogens with two attached hydrogens (primary N) is 2. The van der Waals surface area contributed by atoms with Crippen LogP contribution in [0.4, 0.5) is 0 Å². The first-order valence-corrected chi connectivity index (χ1v) is 9.16. The minimum absolute atomic E-state index is 0.0427. The number of amides is 2. The third-order valence-corrected chi connectivity index (χ3v) is 5.09. The van der Waals surface area contributed by atoms with Gasteiger partial charge in [0.1, 0.15) is 0 Å². The maximum Gasteiger partial charge on any atom is 0.250 e. The predicted octanol–water partition coefficient (Wildman–Crippen LogP) is 2.93. The lowest BCUT2D eigenvalue weighted by atomic mass is 9.89. The van der Waals surface area contributed by atoms with Gasteiger partial charge in [0, 0.05) is 5.92 Å². The quantitative estimate of drug-likeness (QED) is 0.594. The molecule has 7 heteroatoms. The highest BCUT2D eigenvalue weighted by atomic mass is 35.5. The van der Waals surface area contributed by atoms with Crippen molar-refractivity contribution in [3.8, 4) is 0 Å². The van der Waals surface area contributed by atoms with E-state index in [-0.39, 0.29) is 28.5 Å². The second-order valence-corrected chi connectivity index (χ2v) is 7.08. The Bertz CT molecular complexity index is 812. The van der Waals surface area contributed by atoms with Gasteiger partial charge < -0.3 is 16.6 Å². The molecule has 0 spiro atoms. The van der Waals surface area contributed by atoms with E-state index in [9.17, 15) is 14.7 Å². The average Bonchev–Trinajstić information content (AvgIpc) is 2.63. The first-order valence-electron chi connectivity index (χ1n) is 8.41. The number of carbonyl (C=O) groups is 2. The van der Waals surface area contributed by atoms with E-state index in [1.54, 1.807) is 12.5 Å². The van der Waals surface area contributed by atoms with Crippen molar-refractivity contribution >= 4 is 35.0 Å². The van der Waals surface area contributed by atoms with Crippen LogP contribution in [0.5, 0.6) is 0 Å². The van der Waals surface area contributed by atoms with E-state index in [1.807, 2.05) is 30.3 Å². The molecule has 2 atom stereocenters. The van der Waals surface area contributed by atoms with E-state index in [0.717, 1.165) is 5.56 Å². The summed E-state index contributed by atoms with van der Waals surface area (Å²) in [6.07, 6.45) is 1.70. The van der Waals surface area contributed by atoms with Crippen molar-refractivity contribution in [3.63, 3.8) is 0 Å². The van der Waals surface area contributed by atoms with E-state index in [2.05, 4.69) is 0 Å². The summed E-state index contributed by atoms with van der Waals surface area (Å²) < 4.78 is 0. The zero-order chi connectivity index (χ0) is 20.0. The zero-order valence-corrected chi connectivity index (χ0v) is 16.1. The number of primary amides is 2. The number of hydrogen-bond donors (Lipinski definition) is 3. The van der Waals surface area contributed by atoms with Gasteiger partial charge >= 0.3 is 0 Å². The Balaban J connectivity index is 2.09. The minimum atomic E-state index is -0.831. The predicted molar refractivity (Wildman–Crippen MR) is 106 cm³/mol. The van der Waals surface area contributed by atoms with Crippen molar-refractivity contribution in [3.05, 3.63) is 75.6 Å². The fourth-order valence-corrected chi connectivity index (χ4v) is 3.30. The molecule has 0 fully saturated rings. The van der Waals surface area contributed by atoms with Gasteiger partial charge in [0.2, 0.25) is 5.91 Å². The minimum Gasteiger partial charge on any atom is -0.393 e. The molecule has 143 valence electrons. The largest absolute Gasteiger partial charge is 0.393 e. The van der Waals surface area contributed by atoms with Crippen LogP contribution < -0.4 is 11.5 Å². The van der Waals surface area contributed by atoms with Crippen molar-refractivity contribution in [2.75, 3.05) is 0 Å². The maximum atomic E-state index is 11.9. The summed E-state index contributed by atoms with van der Waals surface area (Å²) in [7, 11) is 0. The number of halogens is 2. The van der Waals surface area contributed by atoms with Gasteiger partial charge in [0.25, 0.3) is 5.91 Å². The molecular weight excluding hydrogens is 387 g/mol. The zero-order valence-electron chi connectivity index (χ0n) is 14.6. The second-order valence-electron chi connectivity index (χ2n) is 6.29. The molecule has 5 N–H and O–H groups in total. The summed E-state index contributed by atoms with van der Waals surface area (Å²) in [4.78, 5) is 23.6. The van der Waals surface area contributed by atoms with E-state index in [4.69, 9.17) is 34.7 Å². The van der Waals surface area contributed by atoms with E-state index in [1.165, 1.54) is 6.07 Å². The van der Waals surface area contributed by atoms with Crippen molar-refractivity contribution < 1.29 is 14.7 Å². The van der Waals surface area contributed by atoms with Crippen LogP contribution in [-0.2, 0) is 17.6 Å². The molecule has 27 heavy (non-hydrogen) atoms. The van der Waals surface area contributed by atoms with Gasteiger partial charge in [-0.05, 0) is 42.9 Å². The Labute approximate surface area is 168 Å². The molecule has 0 aliphatic carbocycles. The third-order valence-electron chi connectivity index (χ3n) is 4.29. The molecule has 0 saturated heterocycles. The fraction of sp³-hybridized carbons (Fsp3) is 0.250. The Morgan fingerprint density at radius 2 is 1.74 bits per heavy atom. The number of carbonyl (C=O) groups excluding carboxylic acids is 2. The highest BCUT2D eigenvalue weighted by Gasteiger charge is 2.24. The van der Waals surface area contributed by atoms with Crippen LogP contribution in [0.2, 0.25) is 10.0 Å². The molecule has 0 unspecified atom stereocenters. The van der Waals surface area contributed by atoms with Crippen LogP contribution in [-0.4, -0.2) is 23.0 Å². The summed E-state index contributed by atoms with van der Waals surface area (Å²) in [5.41, 5.74) is 12.5. The first kappa shape index (κ1) is 21.2. The maximum absolute atomic E-state index is 11.9. The average molecular weight is 408 g/mol. The Hall–Kier alpha value is -2.08. The number of aliphatic hydroxyl groups is 1. The Kier molecular flexibility index (Phi) is 7.66. The first-order chi connectivity index (χ1) is 12.8. The summed E-state index contributed by atoms with van der Waals surface area (Å²) in [6, 6.07) is 12.8. The molecule has 0 bridgehead atoms. The topological polar surface area (TPSA) is 106 Å². The summed E-state index contributed by atoms with van der Waals surface area (Å²) in [6.45, 7) is 0. The summed E-state index contributed by atoms with van der Waals surface area (Å²) in [5, 5.41) is 10.5. The van der Waals surface area contributed by atoms with E-state index < -0.39 is 23.8 Å². The second kappa shape index (κ2) is 9.74. The van der Waals surface area contributed by atoms with Gasteiger partial charge in [-0.25, -0.2) is 0 Å². The molecule has 0 aromatic heterocycles. The van der Waals surface area contributed by atoms with Gasteiger partial charge in [0.15, 0.2) is 0 Å². The number of aliphatic hydroxyl groups excluding tert-OH is 1. The van der Waals surface area contributed by atoms with Gasteiger partial charge in [0.05, 0.1) is 21.7 Å². The highest BCUT2D eigenvalue weighted by molar-refractivity contribution is 6.44. The molecule has 2 aromatic carbocycles. The molecule has 0 aliphatic rings. The SMILES string of the molecule is NC(=O)c1c(C[C@@H](C[C@@H](O)[CH]Cc2ccccc2)C(N)=O)ccc(Cl)c1Cl. The lowest BCUT2D eigenvalue weighted by Crippen LogP contribution is -2.30. The van der Waals surface area contributed by atoms with Gasteiger partial charge in [-0.15, -0.1) is 0 Å². The normalized spacial score (nSPS) is 13.1. The van der Waals surface area contributed by atoms with Crippen LogP contribution in [0.15, 0.2) is 42.5 Å². The van der Waals surface area contributed by atoms with Crippen molar-refractivity contribution in [1.82, 2.24) is 0 Å². The summed E-state index contributed by atoms with van der Waals surface area (Å²) in [5.74, 6) is -2.01. The molecule has 2 amide bonds. The third kappa shape index (κ3) is 5.96. The lowest BCUT2D eigenvalue weighted by molar-refractivity contribution is -0.122. The standard InChI is InChI=1S/C20H21Cl2N2O3/c21-16-9-7-13(17(18(16)22)20(24)27)10-14(19(23)26)11-15(25)8-6-12-4-2-1-3-5-12/h1-5,7-9,14-15,25H,6,10-11H2,(H2,23,26)(H2,24,27)/t14-,15-/m0/s1. The van der Waals surface area contributed by atoms with Crippen molar-refractivity contribution in [1.29, 1.82) is 0 Å². The summed E-state index contributed by atoms with van der Waals surface area (Å²) >= 11 is 12.0. The lowest BCUT2D eigenvalue weighted by Gasteiger charge is -2.19. The monoisotopic (exact) mass is 407 g/mol. The van der Waals surface area contributed by atoms with E-state index >= 15 is 0 Å². The van der Waals surface area contributed by atoms with Crippen LogP contribution in [0.3, 0.4) is 0 Å². The van der Waals surface area contributed by atoms with Crippen LogP contribution in [0.25, 0.3) is 0 Å². The molecule has 1 radical (unpaired) electrons. The highest BCUT2D eigenvalue weighted by Crippen LogP contribution is 2.30. The number of benzene rings is 2. The fourth-order valence-electron chi connectivity index (χ4n) is 2.87. The molecule has 0 saturated carbocycles. The van der Waals surface area contributed by atoms with Crippen LogP contribution >= 0.6 is 23.2 Å². The van der Waals surface area contributed by atoms with Crippen molar-refractivity contribution in [2.24, 2.45) is 17.4 Å².